The van der Waals surface area contributed by atoms with Crippen LogP contribution in [0.4, 0.5) is 0 Å². The molecule has 1 aliphatic heterocycles. The maximum atomic E-state index is 12.6. The van der Waals surface area contributed by atoms with E-state index in [0.29, 0.717) is 23.6 Å². The molecule has 3 heterocycles. The quantitative estimate of drug-likeness (QED) is 0.682. The van der Waals surface area contributed by atoms with Gasteiger partial charge < -0.3 is 19.7 Å². The van der Waals surface area contributed by atoms with E-state index < -0.39 is 0 Å². The van der Waals surface area contributed by atoms with Gasteiger partial charge in [-0.2, -0.15) is 5.10 Å². The lowest BCUT2D eigenvalue weighted by molar-refractivity contribution is 0.0937. The molecule has 0 saturated heterocycles. The van der Waals surface area contributed by atoms with E-state index >= 15 is 0 Å². The molecular formula is C20H21N5O3. The molecule has 0 saturated carbocycles. The number of aromatic amines is 1. The van der Waals surface area contributed by atoms with Crippen LogP contribution in [0, 0.1) is 0 Å². The Morgan fingerprint density at radius 1 is 1.18 bits per heavy atom. The van der Waals surface area contributed by atoms with Gasteiger partial charge in [0, 0.05) is 12.7 Å². The van der Waals surface area contributed by atoms with Crippen LogP contribution >= 0.6 is 0 Å². The second-order valence-electron chi connectivity index (χ2n) is 6.68. The van der Waals surface area contributed by atoms with E-state index in [1.54, 1.807) is 12.3 Å². The number of hydrogen-bond donors (Lipinski definition) is 2. The molecule has 0 bridgehead atoms. The van der Waals surface area contributed by atoms with Gasteiger partial charge in [0.15, 0.2) is 11.5 Å². The van der Waals surface area contributed by atoms with Crippen molar-refractivity contribution in [3.05, 3.63) is 59.9 Å². The number of carbonyl (C=O) groups excluding carboxylic acids is 1. The lowest BCUT2D eigenvalue weighted by atomic mass is 10.1. The van der Waals surface area contributed by atoms with E-state index in [2.05, 4.69) is 20.5 Å². The number of amides is 1. The zero-order valence-corrected chi connectivity index (χ0v) is 15.7. The maximum absolute atomic E-state index is 12.6. The molecule has 1 aliphatic rings. The lowest BCUT2D eigenvalue weighted by Crippen LogP contribution is -2.34. The molecule has 0 fully saturated rings. The van der Waals surface area contributed by atoms with Gasteiger partial charge in [0.05, 0.1) is 11.7 Å². The van der Waals surface area contributed by atoms with Crippen molar-refractivity contribution in [2.45, 2.75) is 6.04 Å². The summed E-state index contributed by atoms with van der Waals surface area (Å²) in [6.45, 7) is 0.671. The Morgan fingerprint density at radius 2 is 2.04 bits per heavy atom. The zero-order valence-electron chi connectivity index (χ0n) is 15.7. The molecule has 8 nitrogen and oxygen atoms in total. The number of nitrogens with zero attached hydrogens (tertiary/aromatic N) is 3. The molecule has 28 heavy (non-hydrogen) atoms. The summed E-state index contributed by atoms with van der Waals surface area (Å²) in [5.41, 5.74) is 2.77. The first kappa shape index (κ1) is 18.0. The topological polar surface area (TPSA) is 92.4 Å². The van der Waals surface area contributed by atoms with Gasteiger partial charge in [0.25, 0.3) is 5.91 Å². The largest absolute Gasteiger partial charge is 0.454 e. The predicted octanol–water partition coefficient (Wildman–Crippen LogP) is 2.23. The Morgan fingerprint density at radius 3 is 2.82 bits per heavy atom. The lowest BCUT2D eigenvalue weighted by Gasteiger charge is -2.25. The first-order valence-corrected chi connectivity index (χ1v) is 8.93. The molecule has 1 amide bonds. The number of nitrogens with one attached hydrogen (secondary N) is 2. The van der Waals surface area contributed by atoms with Crippen LogP contribution in [0.3, 0.4) is 0 Å². The highest BCUT2D eigenvalue weighted by atomic mass is 16.7. The van der Waals surface area contributed by atoms with Crippen molar-refractivity contribution in [2.24, 2.45) is 0 Å². The minimum absolute atomic E-state index is 0.0170. The number of ether oxygens (including phenoxy) is 2. The number of likely N-dealkylation sites (N-methyl/N-ethyl adjacent to an activating group) is 1. The molecular weight excluding hydrogens is 358 g/mol. The summed E-state index contributed by atoms with van der Waals surface area (Å²) in [6, 6.07) is 13.1. The second-order valence-corrected chi connectivity index (χ2v) is 6.68. The van der Waals surface area contributed by atoms with Crippen LogP contribution in [-0.4, -0.2) is 53.4 Å². The summed E-state index contributed by atoms with van der Waals surface area (Å²) in [5, 5.41) is 9.92. The van der Waals surface area contributed by atoms with Crippen molar-refractivity contribution in [1.82, 2.24) is 25.4 Å². The first-order valence-electron chi connectivity index (χ1n) is 8.93. The standard InChI is InChI=1S/C20H21N5O3/c1-25(2)17(13-6-7-18-19(9-13)28-12-27-18)11-22-20(26)16-10-15(23-24-16)14-5-3-4-8-21-14/h3-10,17H,11-12H2,1-2H3,(H,22,26)(H,23,24)/t17-/m0/s1. The molecule has 0 unspecified atom stereocenters. The van der Waals surface area contributed by atoms with Gasteiger partial charge in [-0.3, -0.25) is 14.9 Å². The summed E-state index contributed by atoms with van der Waals surface area (Å²) in [7, 11) is 3.94. The summed E-state index contributed by atoms with van der Waals surface area (Å²) >= 11 is 0. The molecule has 0 aliphatic carbocycles. The summed E-state index contributed by atoms with van der Waals surface area (Å²) in [5.74, 6) is 1.25. The van der Waals surface area contributed by atoms with E-state index in [9.17, 15) is 4.79 Å². The number of fused-ring (bicyclic) bond motifs is 1. The van der Waals surface area contributed by atoms with Gasteiger partial charge in [0.2, 0.25) is 6.79 Å². The van der Waals surface area contributed by atoms with Gasteiger partial charge >= 0.3 is 0 Å². The highest BCUT2D eigenvalue weighted by Gasteiger charge is 2.21. The van der Waals surface area contributed by atoms with Crippen molar-refractivity contribution >= 4 is 5.91 Å². The highest BCUT2D eigenvalue weighted by molar-refractivity contribution is 5.93. The van der Waals surface area contributed by atoms with E-state index in [4.69, 9.17) is 9.47 Å². The SMILES string of the molecule is CN(C)[C@@H](CNC(=O)c1cc(-c2ccccn2)n[nH]1)c1ccc2c(c1)OCO2. The number of aromatic nitrogens is 3. The third kappa shape index (κ3) is 3.67. The molecule has 2 N–H and O–H groups in total. The van der Waals surface area contributed by atoms with Crippen LogP contribution in [0.1, 0.15) is 22.1 Å². The second kappa shape index (κ2) is 7.69. The van der Waals surface area contributed by atoms with Crippen LogP contribution < -0.4 is 14.8 Å². The van der Waals surface area contributed by atoms with E-state index in [1.807, 2.05) is 55.4 Å². The van der Waals surface area contributed by atoms with E-state index in [0.717, 1.165) is 17.1 Å². The molecule has 144 valence electrons. The van der Waals surface area contributed by atoms with Crippen molar-refractivity contribution in [2.75, 3.05) is 27.4 Å². The fourth-order valence-electron chi connectivity index (χ4n) is 3.09. The highest BCUT2D eigenvalue weighted by Crippen LogP contribution is 2.34. The third-order valence-corrected chi connectivity index (χ3v) is 4.61. The third-order valence-electron chi connectivity index (χ3n) is 4.61. The van der Waals surface area contributed by atoms with E-state index in [1.165, 1.54) is 0 Å². The predicted molar refractivity (Wildman–Crippen MR) is 103 cm³/mol. The molecule has 1 atom stereocenters. The molecule has 3 aromatic rings. The van der Waals surface area contributed by atoms with Gasteiger partial charge in [-0.05, 0) is 50.0 Å². The van der Waals surface area contributed by atoms with E-state index in [-0.39, 0.29) is 18.7 Å². The Bertz CT molecular complexity index is 971. The number of pyridine rings is 1. The molecule has 0 spiro atoms. The summed E-state index contributed by atoms with van der Waals surface area (Å²) in [4.78, 5) is 18.9. The first-order chi connectivity index (χ1) is 13.6. The number of carbonyl (C=O) groups is 1. The fourth-order valence-corrected chi connectivity index (χ4v) is 3.09. The van der Waals surface area contributed by atoms with Gasteiger partial charge in [-0.15, -0.1) is 0 Å². The summed E-state index contributed by atoms with van der Waals surface area (Å²) < 4.78 is 10.8. The molecule has 0 radical (unpaired) electrons. The van der Waals surface area contributed by atoms with Crippen LogP contribution in [0.5, 0.6) is 11.5 Å². The van der Waals surface area contributed by atoms with Gasteiger partial charge in [-0.25, -0.2) is 0 Å². The molecule has 8 heteroatoms. The minimum Gasteiger partial charge on any atom is -0.454 e. The Balaban J connectivity index is 1.45. The number of rotatable bonds is 6. The maximum Gasteiger partial charge on any atom is 0.269 e. The Hall–Kier alpha value is -3.39. The molecule has 1 aromatic carbocycles. The van der Waals surface area contributed by atoms with Crippen molar-refractivity contribution in [3.63, 3.8) is 0 Å². The Labute approximate surface area is 162 Å². The zero-order chi connectivity index (χ0) is 19.5. The molecule has 2 aromatic heterocycles. The fraction of sp³-hybridized carbons (Fsp3) is 0.250. The van der Waals surface area contributed by atoms with Crippen molar-refractivity contribution < 1.29 is 14.3 Å². The minimum atomic E-state index is -0.220. The molecule has 4 rings (SSSR count). The van der Waals surface area contributed by atoms with Gasteiger partial charge in [-0.1, -0.05) is 12.1 Å². The van der Waals surface area contributed by atoms with Crippen molar-refractivity contribution in [1.29, 1.82) is 0 Å². The summed E-state index contributed by atoms with van der Waals surface area (Å²) in [6.07, 6.45) is 1.69. The smallest absolute Gasteiger partial charge is 0.269 e. The van der Waals surface area contributed by atoms with Gasteiger partial charge in [0.1, 0.15) is 11.4 Å². The van der Waals surface area contributed by atoms with Crippen LogP contribution in [-0.2, 0) is 0 Å². The monoisotopic (exact) mass is 379 g/mol. The number of benzene rings is 1. The average molecular weight is 379 g/mol. The number of H-pyrrole nitrogens is 1. The average Bonchev–Trinajstić information content (AvgIpc) is 3.38. The van der Waals surface area contributed by atoms with Crippen LogP contribution in [0.2, 0.25) is 0 Å². The Kier molecular flexibility index (Phi) is 4.94. The van der Waals surface area contributed by atoms with Crippen molar-refractivity contribution in [3.8, 4) is 22.9 Å². The normalized spacial score (nSPS) is 13.5. The van der Waals surface area contributed by atoms with Crippen LogP contribution in [0.25, 0.3) is 11.4 Å². The van der Waals surface area contributed by atoms with Crippen LogP contribution in [0.15, 0.2) is 48.7 Å². The number of hydrogen-bond acceptors (Lipinski definition) is 6.